The molecule has 3 heteroatoms. The van der Waals surface area contributed by atoms with E-state index in [1.807, 2.05) is 10.8 Å². The van der Waals surface area contributed by atoms with Crippen molar-refractivity contribution >= 4 is 0 Å². The first-order chi connectivity index (χ1) is 5.35. The molecule has 3 nitrogen and oxygen atoms in total. The Bertz CT molecular complexity index is 226. The molecule has 1 aliphatic rings. The number of hydrogen-bond acceptors (Lipinski definition) is 2. The average Bonchev–Trinajstić information content (AvgIpc) is 2.59. The standard InChI is InChI=1S/C8H12N2O/c11-6-8(1-2-8)5-10-4-3-9-7-10/h3-4,7,11H,1-2,5-6H2. The minimum atomic E-state index is 0.195. The molecule has 1 aliphatic carbocycles. The van der Waals surface area contributed by atoms with Crippen molar-refractivity contribution in [2.75, 3.05) is 6.61 Å². The normalized spacial score (nSPS) is 20.1. The Kier molecular flexibility index (Phi) is 1.46. The number of aliphatic hydroxyl groups is 1. The second kappa shape index (κ2) is 2.34. The third-order valence-electron chi connectivity index (χ3n) is 2.37. The second-order valence-corrected chi connectivity index (χ2v) is 3.39. The van der Waals surface area contributed by atoms with Crippen LogP contribution in [-0.2, 0) is 6.54 Å². The van der Waals surface area contributed by atoms with Crippen molar-refractivity contribution in [2.24, 2.45) is 5.41 Å². The lowest BCUT2D eigenvalue weighted by molar-refractivity contribution is 0.194. The van der Waals surface area contributed by atoms with Gasteiger partial charge in [0.15, 0.2) is 0 Å². The molecule has 1 aromatic rings. The molecule has 1 heterocycles. The fourth-order valence-corrected chi connectivity index (χ4v) is 1.31. The lowest BCUT2D eigenvalue weighted by Crippen LogP contribution is -2.14. The molecule has 0 aliphatic heterocycles. The number of hydrogen-bond donors (Lipinski definition) is 1. The van der Waals surface area contributed by atoms with Gasteiger partial charge in [0.05, 0.1) is 12.9 Å². The van der Waals surface area contributed by atoms with Gasteiger partial charge in [-0.05, 0) is 12.8 Å². The molecule has 1 fully saturated rings. The Morgan fingerprint density at radius 2 is 2.36 bits per heavy atom. The van der Waals surface area contributed by atoms with Crippen LogP contribution in [0.25, 0.3) is 0 Å². The SMILES string of the molecule is OCC1(Cn2ccnc2)CC1. The molecule has 0 aromatic carbocycles. The first-order valence-electron chi connectivity index (χ1n) is 3.91. The van der Waals surface area contributed by atoms with Crippen LogP contribution in [0, 0.1) is 5.41 Å². The minimum Gasteiger partial charge on any atom is -0.396 e. The summed E-state index contributed by atoms with van der Waals surface area (Å²) in [6.45, 7) is 1.23. The maximum absolute atomic E-state index is 9.02. The van der Waals surface area contributed by atoms with Gasteiger partial charge in [-0.2, -0.15) is 0 Å². The molecule has 0 bridgehead atoms. The highest BCUT2D eigenvalue weighted by Gasteiger charge is 2.42. The summed E-state index contributed by atoms with van der Waals surface area (Å²) in [4.78, 5) is 3.95. The average molecular weight is 152 g/mol. The molecule has 0 amide bonds. The van der Waals surface area contributed by atoms with Crippen molar-refractivity contribution < 1.29 is 5.11 Å². The van der Waals surface area contributed by atoms with E-state index in [-0.39, 0.29) is 5.41 Å². The zero-order valence-electron chi connectivity index (χ0n) is 6.40. The van der Waals surface area contributed by atoms with E-state index < -0.39 is 0 Å². The van der Waals surface area contributed by atoms with Gasteiger partial charge in [0.1, 0.15) is 0 Å². The maximum atomic E-state index is 9.02. The Labute approximate surface area is 65.7 Å². The van der Waals surface area contributed by atoms with Crippen molar-refractivity contribution in [3.63, 3.8) is 0 Å². The highest BCUT2D eigenvalue weighted by atomic mass is 16.3. The maximum Gasteiger partial charge on any atom is 0.0946 e. The van der Waals surface area contributed by atoms with Crippen LogP contribution < -0.4 is 0 Å². The summed E-state index contributed by atoms with van der Waals surface area (Å²) in [6.07, 6.45) is 7.82. The van der Waals surface area contributed by atoms with Crippen LogP contribution in [0.5, 0.6) is 0 Å². The topological polar surface area (TPSA) is 38.0 Å². The molecular formula is C8H12N2O. The van der Waals surface area contributed by atoms with Crippen molar-refractivity contribution in [1.29, 1.82) is 0 Å². The lowest BCUT2D eigenvalue weighted by Gasteiger charge is -2.10. The van der Waals surface area contributed by atoms with E-state index in [9.17, 15) is 0 Å². The minimum absolute atomic E-state index is 0.195. The Balaban J connectivity index is 2.01. The summed E-state index contributed by atoms with van der Waals surface area (Å²) >= 11 is 0. The molecule has 2 rings (SSSR count). The fourth-order valence-electron chi connectivity index (χ4n) is 1.31. The highest BCUT2D eigenvalue weighted by molar-refractivity contribution is 4.93. The molecule has 1 aromatic heterocycles. The van der Waals surface area contributed by atoms with Crippen molar-refractivity contribution in [3.8, 4) is 0 Å². The monoisotopic (exact) mass is 152 g/mol. The highest BCUT2D eigenvalue weighted by Crippen LogP contribution is 2.46. The first kappa shape index (κ1) is 6.85. The van der Waals surface area contributed by atoms with Crippen LogP contribution in [0.2, 0.25) is 0 Å². The van der Waals surface area contributed by atoms with Gasteiger partial charge in [-0.25, -0.2) is 4.98 Å². The van der Waals surface area contributed by atoms with E-state index in [1.165, 1.54) is 0 Å². The molecule has 0 radical (unpaired) electrons. The summed E-state index contributed by atoms with van der Waals surface area (Å²) in [7, 11) is 0. The van der Waals surface area contributed by atoms with Gasteiger partial charge in [-0.1, -0.05) is 0 Å². The fraction of sp³-hybridized carbons (Fsp3) is 0.625. The predicted molar refractivity (Wildman–Crippen MR) is 41.0 cm³/mol. The van der Waals surface area contributed by atoms with Gasteiger partial charge >= 0.3 is 0 Å². The van der Waals surface area contributed by atoms with Crippen LogP contribution in [0.1, 0.15) is 12.8 Å². The number of nitrogens with zero attached hydrogens (tertiary/aromatic N) is 2. The summed E-state index contributed by atoms with van der Waals surface area (Å²) < 4.78 is 2.03. The van der Waals surface area contributed by atoms with Crippen LogP contribution in [0.4, 0.5) is 0 Å². The summed E-state index contributed by atoms with van der Waals surface area (Å²) in [5, 5.41) is 9.02. The van der Waals surface area contributed by atoms with E-state index >= 15 is 0 Å². The van der Waals surface area contributed by atoms with Crippen molar-refractivity contribution in [1.82, 2.24) is 9.55 Å². The molecule has 0 spiro atoms. The molecule has 1 saturated carbocycles. The van der Waals surface area contributed by atoms with Crippen LogP contribution >= 0.6 is 0 Å². The molecular weight excluding hydrogens is 140 g/mol. The van der Waals surface area contributed by atoms with Crippen LogP contribution in [-0.4, -0.2) is 21.3 Å². The summed E-state index contributed by atoms with van der Waals surface area (Å²) in [5.74, 6) is 0. The largest absolute Gasteiger partial charge is 0.396 e. The Morgan fingerprint density at radius 3 is 2.82 bits per heavy atom. The smallest absolute Gasteiger partial charge is 0.0946 e. The van der Waals surface area contributed by atoms with E-state index in [0.29, 0.717) is 6.61 Å². The van der Waals surface area contributed by atoms with E-state index in [0.717, 1.165) is 19.4 Å². The number of aromatic nitrogens is 2. The molecule has 60 valence electrons. The summed E-state index contributed by atoms with van der Waals surface area (Å²) in [5.41, 5.74) is 0.195. The Hall–Kier alpha value is -0.830. The number of aliphatic hydroxyl groups excluding tert-OH is 1. The van der Waals surface area contributed by atoms with Gasteiger partial charge < -0.3 is 9.67 Å². The van der Waals surface area contributed by atoms with E-state index in [1.54, 1.807) is 12.5 Å². The third kappa shape index (κ3) is 1.28. The van der Waals surface area contributed by atoms with E-state index in [2.05, 4.69) is 4.98 Å². The lowest BCUT2D eigenvalue weighted by atomic mass is 10.1. The van der Waals surface area contributed by atoms with Crippen molar-refractivity contribution in [3.05, 3.63) is 18.7 Å². The molecule has 0 unspecified atom stereocenters. The van der Waals surface area contributed by atoms with Crippen LogP contribution in [0.15, 0.2) is 18.7 Å². The van der Waals surface area contributed by atoms with Gasteiger partial charge in [0.2, 0.25) is 0 Å². The molecule has 1 N–H and O–H groups in total. The zero-order valence-corrected chi connectivity index (χ0v) is 6.40. The van der Waals surface area contributed by atoms with Gasteiger partial charge in [-0.15, -0.1) is 0 Å². The second-order valence-electron chi connectivity index (χ2n) is 3.39. The van der Waals surface area contributed by atoms with Gasteiger partial charge in [0, 0.05) is 24.4 Å². The summed E-state index contributed by atoms with van der Waals surface area (Å²) in [6, 6.07) is 0. The predicted octanol–water partition coefficient (Wildman–Crippen LogP) is 0.656. The quantitative estimate of drug-likeness (QED) is 0.690. The molecule has 0 saturated heterocycles. The molecule has 0 atom stereocenters. The molecule has 11 heavy (non-hydrogen) atoms. The van der Waals surface area contributed by atoms with E-state index in [4.69, 9.17) is 5.11 Å². The third-order valence-corrected chi connectivity index (χ3v) is 2.37. The zero-order chi connectivity index (χ0) is 7.73. The number of rotatable bonds is 3. The number of imidazole rings is 1. The Morgan fingerprint density at radius 1 is 1.55 bits per heavy atom. The first-order valence-corrected chi connectivity index (χ1v) is 3.91. The van der Waals surface area contributed by atoms with Crippen molar-refractivity contribution in [2.45, 2.75) is 19.4 Å². The van der Waals surface area contributed by atoms with Gasteiger partial charge in [-0.3, -0.25) is 0 Å². The van der Waals surface area contributed by atoms with Gasteiger partial charge in [0.25, 0.3) is 0 Å². The van der Waals surface area contributed by atoms with Crippen LogP contribution in [0.3, 0.4) is 0 Å².